The molecule has 0 aliphatic rings. The molecule has 1 rings (SSSR count). The lowest BCUT2D eigenvalue weighted by Gasteiger charge is -2.13. The monoisotopic (exact) mass is 261 g/mol. The standard InChI is InChI=1S/C11H13F2NO2S/c1-7(6-15)14-10(16)8-4-2-3-5-9(8)17-11(12)13/h2-5,7,11,15H,6H2,1H3,(H,14,16). The summed E-state index contributed by atoms with van der Waals surface area (Å²) in [6.45, 7) is 1.43. The molecule has 6 heteroatoms. The Hall–Kier alpha value is -1.14. The van der Waals surface area contributed by atoms with Crippen molar-refractivity contribution in [2.75, 3.05) is 6.61 Å². The SMILES string of the molecule is CC(CO)NC(=O)c1ccccc1SC(F)F. The van der Waals surface area contributed by atoms with Crippen molar-refractivity contribution < 1.29 is 18.7 Å². The van der Waals surface area contributed by atoms with Crippen molar-refractivity contribution in [3.63, 3.8) is 0 Å². The van der Waals surface area contributed by atoms with Gasteiger partial charge in [-0.1, -0.05) is 23.9 Å². The minimum Gasteiger partial charge on any atom is -0.394 e. The molecule has 94 valence electrons. The van der Waals surface area contributed by atoms with Crippen LogP contribution in [0.25, 0.3) is 0 Å². The van der Waals surface area contributed by atoms with E-state index in [1.165, 1.54) is 12.1 Å². The topological polar surface area (TPSA) is 49.3 Å². The van der Waals surface area contributed by atoms with E-state index in [4.69, 9.17) is 5.11 Å². The molecule has 0 aliphatic carbocycles. The number of halogens is 2. The summed E-state index contributed by atoms with van der Waals surface area (Å²) in [7, 11) is 0. The number of benzene rings is 1. The zero-order valence-corrected chi connectivity index (χ0v) is 10.0. The van der Waals surface area contributed by atoms with E-state index in [0.717, 1.165) is 0 Å². The van der Waals surface area contributed by atoms with E-state index >= 15 is 0 Å². The maximum absolute atomic E-state index is 12.3. The van der Waals surface area contributed by atoms with Gasteiger partial charge in [-0.05, 0) is 19.1 Å². The Morgan fingerprint density at radius 2 is 2.12 bits per heavy atom. The van der Waals surface area contributed by atoms with Crippen molar-refractivity contribution in [1.29, 1.82) is 0 Å². The third-order valence-electron chi connectivity index (χ3n) is 2.00. The lowest BCUT2D eigenvalue weighted by molar-refractivity contribution is 0.0919. The maximum Gasteiger partial charge on any atom is 0.288 e. The van der Waals surface area contributed by atoms with Gasteiger partial charge in [0, 0.05) is 10.9 Å². The highest BCUT2D eigenvalue weighted by molar-refractivity contribution is 7.99. The molecule has 1 unspecified atom stereocenters. The summed E-state index contributed by atoms with van der Waals surface area (Å²) < 4.78 is 24.6. The van der Waals surface area contributed by atoms with E-state index in [9.17, 15) is 13.6 Å². The summed E-state index contributed by atoms with van der Waals surface area (Å²) in [5, 5.41) is 11.3. The van der Waals surface area contributed by atoms with Crippen LogP contribution in [0.5, 0.6) is 0 Å². The predicted molar refractivity (Wildman–Crippen MR) is 62.3 cm³/mol. The summed E-state index contributed by atoms with van der Waals surface area (Å²) in [5.41, 5.74) is 0.193. The van der Waals surface area contributed by atoms with E-state index in [-0.39, 0.29) is 17.1 Å². The number of amides is 1. The molecule has 0 bridgehead atoms. The lowest BCUT2D eigenvalue weighted by atomic mass is 10.2. The lowest BCUT2D eigenvalue weighted by Crippen LogP contribution is -2.35. The highest BCUT2D eigenvalue weighted by Crippen LogP contribution is 2.28. The van der Waals surface area contributed by atoms with Crippen molar-refractivity contribution in [3.05, 3.63) is 29.8 Å². The summed E-state index contributed by atoms with van der Waals surface area (Å²) in [4.78, 5) is 12.0. The Balaban J connectivity index is 2.85. The van der Waals surface area contributed by atoms with E-state index in [2.05, 4.69) is 5.32 Å². The highest BCUT2D eigenvalue weighted by Gasteiger charge is 2.16. The van der Waals surface area contributed by atoms with Crippen LogP contribution in [0.2, 0.25) is 0 Å². The first-order chi connectivity index (χ1) is 8.04. The Morgan fingerprint density at radius 1 is 1.47 bits per heavy atom. The van der Waals surface area contributed by atoms with E-state index in [0.29, 0.717) is 11.8 Å². The third-order valence-corrected chi connectivity index (χ3v) is 2.79. The number of carbonyl (C=O) groups is 1. The van der Waals surface area contributed by atoms with Gasteiger partial charge in [-0.3, -0.25) is 4.79 Å². The third kappa shape index (κ3) is 4.32. The number of nitrogens with one attached hydrogen (secondary N) is 1. The largest absolute Gasteiger partial charge is 0.394 e. The van der Waals surface area contributed by atoms with Crippen molar-refractivity contribution >= 4 is 17.7 Å². The summed E-state index contributed by atoms with van der Waals surface area (Å²) in [6.07, 6.45) is 0. The van der Waals surface area contributed by atoms with Crippen LogP contribution in [0.1, 0.15) is 17.3 Å². The Kier molecular flexibility index (Phi) is 5.37. The van der Waals surface area contributed by atoms with Gasteiger partial charge in [0.15, 0.2) is 0 Å². The van der Waals surface area contributed by atoms with Crippen molar-refractivity contribution in [1.82, 2.24) is 5.32 Å². The normalized spacial score (nSPS) is 12.5. The smallest absolute Gasteiger partial charge is 0.288 e. The molecular weight excluding hydrogens is 248 g/mol. The molecule has 3 nitrogen and oxygen atoms in total. The quantitative estimate of drug-likeness (QED) is 0.798. The average molecular weight is 261 g/mol. The fourth-order valence-electron chi connectivity index (χ4n) is 1.20. The summed E-state index contributed by atoms with van der Waals surface area (Å²) >= 11 is 0.331. The Labute approximate surface area is 102 Å². The predicted octanol–water partition coefficient (Wildman–Crippen LogP) is 2.11. The van der Waals surface area contributed by atoms with Gasteiger partial charge in [-0.25, -0.2) is 0 Å². The first kappa shape index (κ1) is 13.9. The number of aliphatic hydroxyl groups is 1. The number of carbonyl (C=O) groups excluding carboxylic acids is 1. The van der Waals surface area contributed by atoms with Gasteiger partial charge in [0.25, 0.3) is 11.7 Å². The van der Waals surface area contributed by atoms with Gasteiger partial charge in [-0.15, -0.1) is 0 Å². The molecule has 0 spiro atoms. The van der Waals surface area contributed by atoms with Gasteiger partial charge in [0.1, 0.15) is 0 Å². The summed E-state index contributed by atoms with van der Waals surface area (Å²) in [6, 6.07) is 5.73. The zero-order chi connectivity index (χ0) is 12.8. The molecule has 1 aromatic carbocycles. The molecule has 0 heterocycles. The van der Waals surface area contributed by atoms with Gasteiger partial charge in [-0.2, -0.15) is 8.78 Å². The fraction of sp³-hybridized carbons (Fsp3) is 0.364. The number of hydrogen-bond donors (Lipinski definition) is 2. The molecule has 0 radical (unpaired) electrons. The number of thioether (sulfide) groups is 1. The zero-order valence-electron chi connectivity index (χ0n) is 9.19. The second-order valence-electron chi connectivity index (χ2n) is 3.43. The molecule has 1 aromatic rings. The molecule has 1 atom stereocenters. The first-order valence-electron chi connectivity index (χ1n) is 5.00. The molecule has 1 amide bonds. The number of hydrogen-bond acceptors (Lipinski definition) is 3. The second-order valence-corrected chi connectivity index (χ2v) is 4.46. The molecule has 0 aromatic heterocycles. The van der Waals surface area contributed by atoms with Gasteiger partial charge >= 0.3 is 0 Å². The van der Waals surface area contributed by atoms with Crippen molar-refractivity contribution in [3.8, 4) is 0 Å². The van der Waals surface area contributed by atoms with Gasteiger partial charge in [0.05, 0.1) is 12.2 Å². The molecular formula is C11H13F2NO2S. The van der Waals surface area contributed by atoms with Crippen LogP contribution in [-0.4, -0.2) is 29.4 Å². The molecule has 0 saturated carbocycles. The Morgan fingerprint density at radius 3 is 2.71 bits per heavy atom. The van der Waals surface area contributed by atoms with E-state index < -0.39 is 17.7 Å². The van der Waals surface area contributed by atoms with Crippen molar-refractivity contribution in [2.24, 2.45) is 0 Å². The molecule has 2 N–H and O–H groups in total. The average Bonchev–Trinajstić information content (AvgIpc) is 2.28. The minimum absolute atomic E-state index is 0.193. The molecule has 17 heavy (non-hydrogen) atoms. The second kappa shape index (κ2) is 6.56. The van der Waals surface area contributed by atoms with Crippen LogP contribution >= 0.6 is 11.8 Å². The maximum atomic E-state index is 12.3. The van der Waals surface area contributed by atoms with Crippen molar-refractivity contribution in [2.45, 2.75) is 23.6 Å². The number of rotatable bonds is 5. The Bertz CT molecular complexity index is 387. The van der Waals surface area contributed by atoms with Crippen LogP contribution in [-0.2, 0) is 0 Å². The molecule has 0 fully saturated rings. The summed E-state index contributed by atoms with van der Waals surface area (Å²) in [5.74, 6) is -3.03. The van der Waals surface area contributed by atoms with Crippen LogP contribution in [0.3, 0.4) is 0 Å². The molecule has 0 aliphatic heterocycles. The highest BCUT2D eigenvalue weighted by atomic mass is 32.2. The van der Waals surface area contributed by atoms with E-state index in [1.54, 1.807) is 19.1 Å². The van der Waals surface area contributed by atoms with Crippen LogP contribution in [0.15, 0.2) is 29.2 Å². The van der Waals surface area contributed by atoms with E-state index in [1.807, 2.05) is 0 Å². The van der Waals surface area contributed by atoms with Crippen LogP contribution < -0.4 is 5.32 Å². The fourth-order valence-corrected chi connectivity index (χ4v) is 1.84. The van der Waals surface area contributed by atoms with Crippen LogP contribution in [0.4, 0.5) is 8.78 Å². The first-order valence-corrected chi connectivity index (χ1v) is 5.88. The number of alkyl halides is 2. The van der Waals surface area contributed by atoms with Gasteiger partial charge < -0.3 is 10.4 Å². The number of aliphatic hydroxyl groups excluding tert-OH is 1. The molecule has 0 saturated heterocycles. The van der Waals surface area contributed by atoms with Gasteiger partial charge in [0.2, 0.25) is 0 Å². The van der Waals surface area contributed by atoms with Crippen LogP contribution in [0, 0.1) is 0 Å². The minimum atomic E-state index is -2.57.